The molecule has 1 aliphatic heterocycles. The fourth-order valence-electron chi connectivity index (χ4n) is 2.07. The van der Waals surface area contributed by atoms with Crippen LogP contribution in [0.15, 0.2) is 24.3 Å². The number of carbonyl (C=O) groups excluding carboxylic acids is 1. The SMILES string of the molecule is O=C(O)Cc1ccc(NC(=O)C2CCCOC2)cc1. The number of hydrogen-bond acceptors (Lipinski definition) is 3. The van der Waals surface area contributed by atoms with Gasteiger partial charge in [-0.15, -0.1) is 0 Å². The first kappa shape index (κ1) is 13.5. The summed E-state index contributed by atoms with van der Waals surface area (Å²) in [5.74, 6) is -0.991. The first-order valence-corrected chi connectivity index (χ1v) is 6.34. The van der Waals surface area contributed by atoms with Crippen LogP contribution in [0.25, 0.3) is 0 Å². The minimum absolute atomic E-state index is 0.00923. The molecule has 2 N–H and O–H groups in total. The van der Waals surface area contributed by atoms with Crippen LogP contribution in [0, 0.1) is 5.92 Å². The van der Waals surface area contributed by atoms with Gasteiger partial charge in [-0.25, -0.2) is 0 Å². The summed E-state index contributed by atoms with van der Waals surface area (Å²) in [4.78, 5) is 22.5. The Labute approximate surface area is 111 Å². The Morgan fingerprint density at radius 3 is 2.63 bits per heavy atom. The van der Waals surface area contributed by atoms with Crippen LogP contribution in [0.2, 0.25) is 0 Å². The fourth-order valence-corrected chi connectivity index (χ4v) is 2.07. The molecule has 2 rings (SSSR count). The summed E-state index contributed by atoms with van der Waals surface area (Å²) in [6.45, 7) is 1.20. The third-order valence-corrected chi connectivity index (χ3v) is 3.11. The summed E-state index contributed by atoms with van der Waals surface area (Å²) >= 11 is 0. The van der Waals surface area contributed by atoms with E-state index in [2.05, 4.69) is 5.32 Å². The van der Waals surface area contributed by atoms with Crippen LogP contribution in [-0.4, -0.2) is 30.2 Å². The average molecular weight is 263 g/mol. The molecule has 5 heteroatoms. The van der Waals surface area contributed by atoms with Gasteiger partial charge in [0.15, 0.2) is 0 Å². The Balaban J connectivity index is 1.91. The van der Waals surface area contributed by atoms with Gasteiger partial charge >= 0.3 is 5.97 Å². The zero-order valence-electron chi connectivity index (χ0n) is 10.6. The first-order valence-electron chi connectivity index (χ1n) is 6.34. The molecule has 1 aromatic carbocycles. The molecule has 1 atom stereocenters. The highest BCUT2D eigenvalue weighted by Gasteiger charge is 2.21. The zero-order chi connectivity index (χ0) is 13.7. The molecule has 1 amide bonds. The normalized spacial score (nSPS) is 18.8. The fraction of sp³-hybridized carbons (Fsp3) is 0.429. The van der Waals surface area contributed by atoms with E-state index in [1.165, 1.54) is 0 Å². The number of anilines is 1. The molecule has 0 aromatic heterocycles. The van der Waals surface area contributed by atoms with Crippen molar-refractivity contribution in [1.29, 1.82) is 0 Å². The Bertz CT molecular complexity index is 449. The van der Waals surface area contributed by atoms with Gasteiger partial charge in [-0.3, -0.25) is 9.59 Å². The molecular weight excluding hydrogens is 246 g/mol. The number of carboxylic acid groups (broad SMARTS) is 1. The van der Waals surface area contributed by atoms with E-state index < -0.39 is 5.97 Å². The van der Waals surface area contributed by atoms with Crippen LogP contribution in [0.1, 0.15) is 18.4 Å². The van der Waals surface area contributed by atoms with Crippen molar-refractivity contribution in [3.63, 3.8) is 0 Å². The molecule has 1 aromatic rings. The Morgan fingerprint density at radius 1 is 1.32 bits per heavy atom. The lowest BCUT2D eigenvalue weighted by Crippen LogP contribution is -2.30. The Morgan fingerprint density at radius 2 is 2.05 bits per heavy atom. The van der Waals surface area contributed by atoms with Crippen molar-refractivity contribution >= 4 is 17.6 Å². The van der Waals surface area contributed by atoms with Crippen molar-refractivity contribution in [2.45, 2.75) is 19.3 Å². The number of amides is 1. The summed E-state index contributed by atoms with van der Waals surface area (Å²) in [5.41, 5.74) is 1.40. The number of benzene rings is 1. The number of nitrogens with one attached hydrogen (secondary N) is 1. The molecule has 0 radical (unpaired) electrons. The van der Waals surface area contributed by atoms with Crippen LogP contribution in [0.3, 0.4) is 0 Å². The van der Waals surface area contributed by atoms with Gasteiger partial charge in [0, 0.05) is 12.3 Å². The molecule has 1 unspecified atom stereocenters. The summed E-state index contributed by atoms with van der Waals surface area (Å²) in [6.07, 6.45) is 1.75. The van der Waals surface area contributed by atoms with Crippen LogP contribution in [0.4, 0.5) is 5.69 Å². The zero-order valence-corrected chi connectivity index (χ0v) is 10.6. The van der Waals surface area contributed by atoms with Gasteiger partial charge < -0.3 is 15.2 Å². The standard InChI is InChI=1S/C14H17NO4/c16-13(17)8-10-3-5-12(6-4-10)15-14(18)11-2-1-7-19-9-11/h3-6,11H,1-2,7-9H2,(H,15,18)(H,16,17). The number of hydrogen-bond donors (Lipinski definition) is 2. The molecule has 102 valence electrons. The van der Waals surface area contributed by atoms with Crippen LogP contribution < -0.4 is 5.32 Å². The topological polar surface area (TPSA) is 75.6 Å². The van der Waals surface area contributed by atoms with Crippen molar-refractivity contribution in [2.24, 2.45) is 5.92 Å². The Hall–Kier alpha value is -1.88. The van der Waals surface area contributed by atoms with Crippen molar-refractivity contribution in [3.8, 4) is 0 Å². The highest BCUT2D eigenvalue weighted by atomic mass is 16.5. The number of carbonyl (C=O) groups is 2. The highest BCUT2D eigenvalue weighted by molar-refractivity contribution is 5.92. The maximum absolute atomic E-state index is 11.9. The lowest BCUT2D eigenvalue weighted by molar-refractivity contribution is -0.136. The highest BCUT2D eigenvalue weighted by Crippen LogP contribution is 2.17. The Kier molecular flexibility index (Phi) is 4.52. The van der Waals surface area contributed by atoms with Crippen LogP contribution in [0.5, 0.6) is 0 Å². The summed E-state index contributed by atoms with van der Waals surface area (Å²) in [5, 5.41) is 11.5. The first-order chi connectivity index (χ1) is 9.15. The maximum Gasteiger partial charge on any atom is 0.307 e. The van der Waals surface area contributed by atoms with Gasteiger partial charge in [0.2, 0.25) is 5.91 Å². The monoisotopic (exact) mass is 263 g/mol. The van der Waals surface area contributed by atoms with E-state index in [0.717, 1.165) is 19.4 Å². The quantitative estimate of drug-likeness (QED) is 0.866. The second kappa shape index (κ2) is 6.33. The molecule has 0 spiro atoms. The lowest BCUT2D eigenvalue weighted by Gasteiger charge is -2.21. The number of rotatable bonds is 4. The second-order valence-electron chi connectivity index (χ2n) is 4.67. The summed E-state index contributed by atoms with van der Waals surface area (Å²) < 4.78 is 5.28. The van der Waals surface area contributed by atoms with Crippen molar-refractivity contribution in [1.82, 2.24) is 0 Å². The predicted molar refractivity (Wildman–Crippen MR) is 70.0 cm³/mol. The molecule has 0 bridgehead atoms. The summed E-state index contributed by atoms with van der Waals surface area (Å²) in [6, 6.07) is 6.86. The predicted octanol–water partition coefficient (Wildman–Crippen LogP) is 1.68. The number of ether oxygens (including phenoxy) is 1. The van der Waals surface area contributed by atoms with Gasteiger partial charge in [-0.1, -0.05) is 12.1 Å². The molecule has 0 aliphatic carbocycles. The van der Waals surface area contributed by atoms with Gasteiger partial charge in [-0.05, 0) is 30.5 Å². The van der Waals surface area contributed by atoms with Gasteiger partial charge in [0.25, 0.3) is 0 Å². The van der Waals surface area contributed by atoms with E-state index in [-0.39, 0.29) is 18.2 Å². The van der Waals surface area contributed by atoms with E-state index in [9.17, 15) is 9.59 Å². The minimum Gasteiger partial charge on any atom is -0.481 e. The van der Waals surface area contributed by atoms with Crippen molar-refractivity contribution < 1.29 is 19.4 Å². The summed E-state index contributed by atoms with van der Waals surface area (Å²) in [7, 11) is 0. The molecule has 19 heavy (non-hydrogen) atoms. The molecule has 1 fully saturated rings. The maximum atomic E-state index is 11.9. The van der Waals surface area contributed by atoms with E-state index >= 15 is 0 Å². The number of carboxylic acids is 1. The number of aliphatic carboxylic acids is 1. The largest absolute Gasteiger partial charge is 0.481 e. The van der Waals surface area contributed by atoms with Crippen molar-refractivity contribution in [2.75, 3.05) is 18.5 Å². The smallest absolute Gasteiger partial charge is 0.307 e. The van der Waals surface area contributed by atoms with E-state index in [1.807, 2.05) is 0 Å². The molecule has 0 saturated carbocycles. The van der Waals surface area contributed by atoms with Gasteiger partial charge in [-0.2, -0.15) is 0 Å². The molecule has 5 nitrogen and oxygen atoms in total. The molecule has 1 saturated heterocycles. The molecule has 1 aliphatic rings. The van der Waals surface area contributed by atoms with E-state index in [1.54, 1.807) is 24.3 Å². The average Bonchev–Trinajstić information content (AvgIpc) is 2.41. The molecular formula is C14H17NO4. The minimum atomic E-state index is -0.865. The second-order valence-corrected chi connectivity index (χ2v) is 4.67. The van der Waals surface area contributed by atoms with Crippen molar-refractivity contribution in [3.05, 3.63) is 29.8 Å². The van der Waals surface area contributed by atoms with Gasteiger partial charge in [0.1, 0.15) is 0 Å². The van der Waals surface area contributed by atoms with Crippen LogP contribution in [-0.2, 0) is 20.7 Å². The third kappa shape index (κ3) is 4.06. The van der Waals surface area contributed by atoms with Crippen LogP contribution >= 0.6 is 0 Å². The third-order valence-electron chi connectivity index (χ3n) is 3.11. The van der Waals surface area contributed by atoms with E-state index in [0.29, 0.717) is 17.9 Å². The van der Waals surface area contributed by atoms with E-state index in [4.69, 9.17) is 9.84 Å². The molecule has 1 heterocycles. The van der Waals surface area contributed by atoms with Gasteiger partial charge in [0.05, 0.1) is 18.9 Å². The lowest BCUT2D eigenvalue weighted by atomic mass is 10.0.